The molecule has 0 saturated carbocycles. The van der Waals surface area contributed by atoms with Crippen LogP contribution < -0.4 is 9.64 Å². The number of carboxylic acids is 1. The summed E-state index contributed by atoms with van der Waals surface area (Å²) in [7, 11) is 1.51. The molecule has 0 atom stereocenters. The molecule has 0 aliphatic rings. The van der Waals surface area contributed by atoms with E-state index >= 15 is 0 Å². The number of anilines is 2. The lowest BCUT2D eigenvalue weighted by Gasteiger charge is -2.26. The highest BCUT2D eigenvalue weighted by molar-refractivity contribution is 7.16. The largest absolute Gasteiger partial charge is 0.496 e. The third-order valence-corrected chi connectivity index (χ3v) is 6.78. The highest BCUT2D eigenvalue weighted by atomic mass is 32.1. The first-order valence-corrected chi connectivity index (χ1v) is 11.6. The van der Waals surface area contributed by atoms with Gasteiger partial charge in [-0.05, 0) is 30.9 Å². The lowest BCUT2D eigenvalue weighted by atomic mass is 9.84. The maximum atomic E-state index is 11.5. The summed E-state index contributed by atoms with van der Waals surface area (Å²) in [6, 6.07) is 5.27. The predicted molar refractivity (Wildman–Crippen MR) is 126 cm³/mol. The van der Waals surface area contributed by atoms with Gasteiger partial charge in [0.25, 0.3) is 0 Å². The molecule has 0 bridgehead atoms. The van der Waals surface area contributed by atoms with Crippen LogP contribution in [0, 0.1) is 5.92 Å². The number of hydrogen-bond acceptors (Lipinski definition) is 5. The molecular weight excluding hydrogens is 396 g/mol. The molecule has 5 nitrogen and oxygen atoms in total. The molecule has 2 rings (SSSR count). The summed E-state index contributed by atoms with van der Waals surface area (Å²) >= 11 is 1.77. The Morgan fingerprint density at radius 3 is 2.53 bits per heavy atom. The van der Waals surface area contributed by atoms with Crippen molar-refractivity contribution in [2.75, 3.05) is 18.6 Å². The third kappa shape index (κ3) is 5.54. The van der Waals surface area contributed by atoms with Crippen LogP contribution in [0.3, 0.4) is 0 Å². The average Bonchev–Trinajstić information content (AvgIpc) is 3.15. The number of hydrogen-bond donors (Lipinski definition) is 1. The molecule has 0 amide bonds. The van der Waals surface area contributed by atoms with Gasteiger partial charge in [0.15, 0.2) is 5.13 Å². The lowest BCUT2D eigenvalue weighted by Crippen LogP contribution is -2.22. The second-order valence-corrected chi connectivity index (χ2v) is 9.78. The smallest absolute Gasteiger partial charge is 0.339 e. The maximum absolute atomic E-state index is 11.5. The first kappa shape index (κ1) is 24.2. The summed E-state index contributed by atoms with van der Waals surface area (Å²) < 4.78 is 5.36. The molecule has 0 spiro atoms. The monoisotopic (exact) mass is 432 g/mol. The van der Waals surface area contributed by atoms with Gasteiger partial charge in [0.2, 0.25) is 0 Å². The topological polar surface area (TPSA) is 62.7 Å². The number of aromatic nitrogens is 1. The number of methoxy groups -OCH3 is 1. The van der Waals surface area contributed by atoms with E-state index in [4.69, 9.17) is 9.72 Å². The summed E-state index contributed by atoms with van der Waals surface area (Å²) in [5.41, 5.74) is 2.32. The Bertz CT molecular complexity index is 858. The summed E-state index contributed by atoms with van der Waals surface area (Å²) in [6.45, 7) is 14.2. The van der Waals surface area contributed by atoms with Crippen molar-refractivity contribution in [3.63, 3.8) is 0 Å². The fourth-order valence-electron chi connectivity index (χ4n) is 3.64. The minimum atomic E-state index is -0.990. The van der Waals surface area contributed by atoms with E-state index in [0.29, 0.717) is 11.7 Å². The Labute approximate surface area is 185 Å². The van der Waals surface area contributed by atoms with Crippen LogP contribution >= 0.6 is 11.3 Å². The van der Waals surface area contributed by atoms with Crippen LogP contribution in [-0.2, 0) is 11.8 Å². The molecule has 0 aliphatic carbocycles. The number of aromatic carboxylic acids is 1. The number of thiazole rings is 1. The van der Waals surface area contributed by atoms with Crippen LogP contribution in [0.4, 0.5) is 10.8 Å². The number of benzene rings is 1. The highest BCUT2D eigenvalue weighted by Gasteiger charge is 2.28. The van der Waals surface area contributed by atoms with E-state index in [2.05, 4.69) is 46.4 Å². The van der Waals surface area contributed by atoms with Crippen molar-refractivity contribution < 1.29 is 14.6 Å². The first-order chi connectivity index (χ1) is 14.1. The number of carboxylic acid groups (broad SMARTS) is 1. The fourth-order valence-corrected chi connectivity index (χ4v) is 4.95. The number of ether oxygens (including phenoxy) is 1. The van der Waals surface area contributed by atoms with Crippen LogP contribution in [0.25, 0.3) is 0 Å². The zero-order chi connectivity index (χ0) is 22.5. The normalized spacial score (nSPS) is 11.7. The predicted octanol–water partition coefficient (Wildman–Crippen LogP) is 6.67. The number of unbranched alkanes of at least 4 members (excludes halogenated alkanes) is 1. The molecule has 166 valence electrons. The fraction of sp³-hybridized carbons (Fsp3) is 0.583. The van der Waals surface area contributed by atoms with E-state index in [9.17, 15) is 9.90 Å². The van der Waals surface area contributed by atoms with Gasteiger partial charge in [-0.15, -0.1) is 11.3 Å². The minimum Gasteiger partial charge on any atom is -0.496 e. The SMILES string of the molecule is CCCCC(C)(C)c1sc(N(CC(C)C)c2ccc(C(=O)O)c(OC)c2)nc1CC. The molecule has 6 heteroatoms. The number of rotatable bonds is 11. The van der Waals surface area contributed by atoms with Crippen molar-refractivity contribution >= 4 is 28.1 Å². The molecule has 0 aliphatic heterocycles. The Morgan fingerprint density at radius 1 is 1.30 bits per heavy atom. The number of aryl methyl sites for hydroxylation is 1. The van der Waals surface area contributed by atoms with Gasteiger partial charge in [0, 0.05) is 28.6 Å². The summed E-state index contributed by atoms with van der Waals surface area (Å²) in [5.74, 6) is -0.207. The van der Waals surface area contributed by atoms with Gasteiger partial charge in [-0.25, -0.2) is 9.78 Å². The summed E-state index contributed by atoms with van der Waals surface area (Å²) in [4.78, 5) is 20.1. The first-order valence-electron chi connectivity index (χ1n) is 10.8. The zero-order valence-electron chi connectivity index (χ0n) is 19.4. The van der Waals surface area contributed by atoms with Crippen molar-refractivity contribution in [3.05, 3.63) is 34.3 Å². The zero-order valence-corrected chi connectivity index (χ0v) is 20.2. The molecule has 2 aromatic rings. The molecule has 0 fully saturated rings. The molecule has 1 aromatic carbocycles. The van der Waals surface area contributed by atoms with Crippen LogP contribution in [0.5, 0.6) is 5.75 Å². The highest BCUT2D eigenvalue weighted by Crippen LogP contribution is 2.41. The van der Waals surface area contributed by atoms with Crippen molar-refractivity contribution in [1.82, 2.24) is 4.98 Å². The molecule has 1 heterocycles. The summed E-state index contributed by atoms with van der Waals surface area (Å²) in [5, 5.41) is 10.4. The van der Waals surface area contributed by atoms with Gasteiger partial charge in [-0.2, -0.15) is 0 Å². The van der Waals surface area contributed by atoms with Gasteiger partial charge in [0.1, 0.15) is 11.3 Å². The Balaban J connectivity index is 2.54. The lowest BCUT2D eigenvalue weighted by molar-refractivity contribution is 0.0693. The molecule has 1 aromatic heterocycles. The summed E-state index contributed by atoms with van der Waals surface area (Å²) in [6.07, 6.45) is 4.43. The quantitative estimate of drug-likeness (QED) is 0.429. The van der Waals surface area contributed by atoms with Crippen LogP contribution in [-0.4, -0.2) is 29.7 Å². The van der Waals surface area contributed by atoms with E-state index in [1.807, 2.05) is 6.07 Å². The Hall–Kier alpha value is -2.08. The maximum Gasteiger partial charge on any atom is 0.339 e. The molecule has 0 saturated heterocycles. The molecule has 1 N–H and O–H groups in total. The van der Waals surface area contributed by atoms with Gasteiger partial charge in [0.05, 0.1) is 12.8 Å². The van der Waals surface area contributed by atoms with E-state index in [1.165, 1.54) is 30.5 Å². The van der Waals surface area contributed by atoms with Crippen molar-refractivity contribution in [2.45, 2.75) is 72.6 Å². The van der Waals surface area contributed by atoms with Crippen molar-refractivity contribution in [1.29, 1.82) is 0 Å². The molecule has 0 unspecified atom stereocenters. The second-order valence-electron chi connectivity index (χ2n) is 8.81. The van der Waals surface area contributed by atoms with Crippen molar-refractivity contribution in [2.24, 2.45) is 5.92 Å². The molecule has 30 heavy (non-hydrogen) atoms. The van der Waals surface area contributed by atoms with Gasteiger partial charge >= 0.3 is 5.97 Å². The van der Waals surface area contributed by atoms with Gasteiger partial charge < -0.3 is 14.7 Å². The number of nitrogens with zero attached hydrogens (tertiary/aromatic N) is 2. The second kappa shape index (κ2) is 10.3. The Kier molecular flexibility index (Phi) is 8.30. The van der Waals surface area contributed by atoms with Crippen LogP contribution in [0.1, 0.15) is 81.7 Å². The van der Waals surface area contributed by atoms with E-state index in [1.54, 1.807) is 23.5 Å². The molecular formula is C24H36N2O3S. The van der Waals surface area contributed by atoms with Crippen LogP contribution in [0.2, 0.25) is 0 Å². The van der Waals surface area contributed by atoms with E-state index in [0.717, 1.165) is 30.2 Å². The standard InChI is InChI=1S/C24H36N2O3S/c1-8-10-13-24(5,6)21-19(9-2)25-23(30-21)26(15-16(3)4)17-11-12-18(22(27)28)20(14-17)29-7/h11-12,14,16H,8-10,13,15H2,1-7H3,(H,27,28). The van der Waals surface area contributed by atoms with Gasteiger partial charge in [-0.1, -0.05) is 54.4 Å². The van der Waals surface area contributed by atoms with Crippen molar-refractivity contribution in [3.8, 4) is 5.75 Å². The van der Waals surface area contributed by atoms with E-state index in [-0.39, 0.29) is 11.0 Å². The average molecular weight is 433 g/mol. The molecule has 0 radical (unpaired) electrons. The third-order valence-electron chi connectivity index (χ3n) is 5.30. The Morgan fingerprint density at radius 2 is 2.00 bits per heavy atom. The minimum absolute atomic E-state index is 0.0889. The van der Waals surface area contributed by atoms with Crippen LogP contribution in [0.15, 0.2) is 18.2 Å². The van der Waals surface area contributed by atoms with Gasteiger partial charge in [-0.3, -0.25) is 0 Å². The number of carbonyl (C=O) groups is 1. The van der Waals surface area contributed by atoms with E-state index < -0.39 is 5.97 Å².